The summed E-state index contributed by atoms with van der Waals surface area (Å²) in [6, 6.07) is 107. The van der Waals surface area contributed by atoms with E-state index in [9.17, 15) is 0 Å². The standard InChI is InChI=1S/C87H62N2O17Si9/c1-107(78-51-29-35-69(63-78)88-84(90)80-59-57-67(61-82(80)86(88)92)55-53-65-31-11-2-12-32-65,79-52-30-36-70(64-79)89-85(91)81-60-58-68(62-83(81)87(89)93)56-54-66-33-13-3-14-34-66)94-115-104-112(75-45-23-8-24-46-75)98-109(72-39-17-5-18-40-72)95-108(71-37-15-4-16-38-71)96-110(100-112,73-41-19-6-20-42-73)102-114(106-115,77-49-27-10-28-50-77)103-111(97-108,74-43-21-7-22-44-74)101-113(99-109,105-115)76-47-25-9-26-48-76/h2-52,57-64H,1H3. The van der Waals surface area contributed by atoms with E-state index in [1.807, 2.05) is 292 Å². The molecule has 6 fully saturated rings. The molecule has 8 heterocycles. The van der Waals surface area contributed by atoms with Crippen molar-refractivity contribution in [1.29, 1.82) is 0 Å². The molecule has 0 radical (unpaired) electrons. The van der Waals surface area contributed by atoms with Crippen LogP contribution >= 0.6 is 0 Å². The van der Waals surface area contributed by atoms with Crippen LogP contribution in [-0.4, -0.2) is 103 Å². The molecule has 8 bridgehead atoms. The quantitative estimate of drug-likeness (QED) is 0.0606. The molecule has 19 nitrogen and oxygen atoms in total. The van der Waals surface area contributed by atoms with Crippen molar-refractivity contribution in [3.63, 3.8) is 0 Å². The van der Waals surface area contributed by atoms with Gasteiger partial charge in [0, 0.05) is 58.6 Å². The first-order valence-electron chi connectivity index (χ1n) is 37.0. The van der Waals surface area contributed by atoms with Crippen molar-refractivity contribution in [2.24, 2.45) is 0 Å². The molecule has 13 aromatic rings. The van der Waals surface area contributed by atoms with Crippen molar-refractivity contribution < 1.29 is 72.7 Å². The Morgan fingerprint density at radius 2 is 0.478 bits per heavy atom. The Labute approximate surface area is 671 Å². The Bertz CT molecular complexity index is 5720. The molecule has 4 amide bonds. The maximum absolute atomic E-state index is 15.4. The lowest BCUT2D eigenvalue weighted by atomic mass is 10.1. The van der Waals surface area contributed by atoms with Crippen molar-refractivity contribution in [2.75, 3.05) is 9.80 Å². The van der Waals surface area contributed by atoms with E-state index in [1.165, 1.54) is 0 Å². The highest BCUT2D eigenvalue weighted by Gasteiger charge is 2.87. The van der Waals surface area contributed by atoms with Crippen LogP contribution in [0.1, 0.15) is 63.7 Å². The van der Waals surface area contributed by atoms with Crippen molar-refractivity contribution in [1.82, 2.24) is 0 Å². The fourth-order valence-corrected chi connectivity index (χ4v) is 65.6. The first kappa shape index (κ1) is 72.6. The van der Waals surface area contributed by atoms with E-state index in [1.54, 1.807) is 72.8 Å². The Balaban J connectivity index is 0.857. The monoisotopic (exact) mass is 1660 g/mol. The van der Waals surface area contributed by atoms with Gasteiger partial charge >= 0.3 is 70.7 Å². The van der Waals surface area contributed by atoms with Crippen molar-refractivity contribution in [3.05, 3.63) is 402 Å². The predicted molar refractivity (Wildman–Crippen MR) is 446 cm³/mol. The second kappa shape index (κ2) is 28.3. The summed E-state index contributed by atoms with van der Waals surface area (Å²) in [5.41, 5.74) is 3.49. The second-order valence-corrected chi connectivity index (χ2v) is 54.7. The lowest BCUT2D eigenvalue weighted by Crippen LogP contribution is -2.96. The maximum atomic E-state index is 15.4. The van der Waals surface area contributed by atoms with E-state index in [0.29, 0.717) is 57.8 Å². The fraction of sp³-hybridized carbons (Fsp3) is 0.0115. The molecule has 13 aromatic carbocycles. The van der Waals surface area contributed by atoms with E-state index in [2.05, 4.69) is 23.7 Å². The Kier molecular flexibility index (Phi) is 17.9. The summed E-state index contributed by atoms with van der Waals surface area (Å²) in [6.07, 6.45) is 0. The highest BCUT2D eigenvalue weighted by molar-refractivity contribution is 7.14. The second-order valence-electron chi connectivity index (χ2n) is 28.1. The van der Waals surface area contributed by atoms with E-state index in [-0.39, 0.29) is 33.6 Å². The number of carbonyl (C=O) groups is 4. The summed E-state index contributed by atoms with van der Waals surface area (Å²) in [4.78, 5) is 63.5. The fourth-order valence-electron chi connectivity index (χ4n) is 15.2. The molecule has 0 spiro atoms. The molecule has 0 N–H and O–H groups in total. The highest BCUT2D eigenvalue weighted by atomic mass is 28.6. The average molecular weight is 1660 g/mol. The van der Waals surface area contributed by atoms with Crippen LogP contribution in [0.3, 0.4) is 0 Å². The van der Waals surface area contributed by atoms with E-state index in [4.69, 9.17) is 53.5 Å². The van der Waals surface area contributed by atoms with Gasteiger partial charge in [-0.05, 0) is 102 Å². The molecule has 0 atom stereocenters. The number of nitrogens with zero attached hydrogens (tertiary/aromatic N) is 2. The smallest absolute Gasteiger partial charge is 0.386 e. The van der Waals surface area contributed by atoms with Crippen molar-refractivity contribution >= 4 is 161 Å². The van der Waals surface area contributed by atoms with Crippen molar-refractivity contribution in [2.45, 2.75) is 6.55 Å². The van der Waals surface area contributed by atoms with Crippen LogP contribution in [0.5, 0.6) is 0 Å². The number of benzene rings is 13. The van der Waals surface area contributed by atoms with Gasteiger partial charge in [0.2, 0.25) is 8.32 Å². The number of amides is 4. The molecule has 0 aliphatic carbocycles. The van der Waals surface area contributed by atoms with Crippen LogP contribution in [0.4, 0.5) is 11.4 Å². The van der Waals surface area contributed by atoms with Gasteiger partial charge < -0.3 is 53.5 Å². The normalized spacial score (nSPS) is 25.6. The molecule has 0 aromatic heterocycles. The van der Waals surface area contributed by atoms with Gasteiger partial charge in [-0.25, -0.2) is 9.80 Å². The van der Waals surface area contributed by atoms with Crippen LogP contribution in [0, 0.1) is 23.7 Å². The minimum absolute atomic E-state index is 0.143. The molecule has 115 heavy (non-hydrogen) atoms. The minimum Gasteiger partial charge on any atom is -0.386 e. The summed E-state index contributed by atoms with van der Waals surface area (Å²) in [7, 11) is -47.5. The molecule has 21 rings (SSSR count). The van der Waals surface area contributed by atoms with Crippen molar-refractivity contribution in [3.8, 4) is 23.7 Å². The van der Waals surface area contributed by atoms with Gasteiger partial charge in [-0.15, -0.1) is 0 Å². The third kappa shape index (κ3) is 12.5. The van der Waals surface area contributed by atoms with Gasteiger partial charge in [0.1, 0.15) is 0 Å². The maximum Gasteiger partial charge on any atom is 0.647 e. The summed E-state index contributed by atoms with van der Waals surface area (Å²) >= 11 is 0. The summed E-state index contributed by atoms with van der Waals surface area (Å²) in [5.74, 6) is 10.3. The molecule has 558 valence electrons. The van der Waals surface area contributed by atoms with Gasteiger partial charge in [-0.2, -0.15) is 0 Å². The average Bonchev–Trinajstić information content (AvgIpc) is 1.22. The zero-order chi connectivity index (χ0) is 77.7. The first-order valence-corrected chi connectivity index (χ1v) is 53.1. The molecular formula is C87H62N2O17Si9. The van der Waals surface area contributed by atoms with E-state index in [0.717, 1.165) is 20.9 Å². The van der Waals surface area contributed by atoms with Gasteiger partial charge in [-0.1, -0.05) is 297 Å². The molecule has 0 saturated carbocycles. The number of rotatable bonds is 13. The Morgan fingerprint density at radius 3 is 0.748 bits per heavy atom. The summed E-state index contributed by atoms with van der Waals surface area (Å²) < 4.78 is 110. The largest absolute Gasteiger partial charge is 0.647 e. The molecule has 6 saturated heterocycles. The highest BCUT2D eigenvalue weighted by Crippen LogP contribution is 2.50. The van der Waals surface area contributed by atoms with Gasteiger partial charge in [0.05, 0.1) is 33.6 Å². The minimum atomic E-state index is -5.95. The SMILES string of the molecule is C[Si](O[Si]12O[Si]3(c4ccccc4)O[Si]4(c5ccccc5)O[Si](c5ccccc5)(O1)O[Si]1(c5ccccc5)O[Si](c5ccccc5)(O2)O[Si](c2ccccc2)(O3)O[Si](c2ccccc2)(O4)O1)(c1cccc(N2C(=O)c3ccc(C#Cc4ccccc4)cc3C2=O)c1)c1cccc(N2C(=O)c3ccc(C#Cc4ccccc4)cc3C2=O)c1. The van der Waals surface area contributed by atoms with Gasteiger partial charge in [0.25, 0.3) is 23.6 Å². The number of carbonyl (C=O) groups excluding carboxylic acids is 4. The lowest BCUT2D eigenvalue weighted by molar-refractivity contribution is -0.0260. The number of hydrogen-bond donors (Lipinski definition) is 0. The summed E-state index contributed by atoms with van der Waals surface area (Å²) in [6.45, 7) is 1.87. The number of imide groups is 2. The van der Waals surface area contributed by atoms with Crippen LogP contribution in [-0.2, 0) is 53.5 Å². The topological polar surface area (TPSA) is 195 Å². The third-order valence-corrected chi connectivity index (χ3v) is 59.1. The van der Waals surface area contributed by atoms with E-state index < -0.39 is 103 Å². The lowest BCUT2D eigenvalue weighted by Gasteiger charge is -2.62. The first-order chi connectivity index (χ1) is 56.1. The molecule has 8 aliphatic heterocycles. The molecule has 28 heteroatoms. The Hall–Kier alpha value is -11.3. The third-order valence-electron chi connectivity index (χ3n) is 20.8. The van der Waals surface area contributed by atoms with Gasteiger partial charge in [-0.3, -0.25) is 19.2 Å². The van der Waals surface area contributed by atoms with Crippen LogP contribution in [0.2, 0.25) is 6.55 Å². The zero-order valence-electron chi connectivity index (χ0n) is 60.9. The number of hydrogen-bond acceptors (Lipinski definition) is 17. The predicted octanol–water partition coefficient (Wildman–Crippen LogP) is 8.42. The summed E-state index contributed by atoms with van der Waals surface area (Å²) in [5, 5.41) is 3.39. The number of fused-ring (bicyclic) bond motifs is 2. The number of anilines is 2. The van der Waals surface area contributed by atoms with Crippen LogP contribution < -0.4 is 56.5 Å². The Morgan fingerprint density at radius 1 is 0.243 bits per heavy atom. The van der Waals surface area contributed by atoms with Gasteiger partial charge in [0.15, 0.2) is 0 Å². The molecular weight excluding hydrogens is 1600 g/mol. The van der Waals surface area contributed by atoms with E-state index >= 15 is 19.2 Å². The van der Waals surface area contributed by atoms with Crippen LogP contribution in [0.25, 0.3) is 0 Å². The van der Waals surface area contributed by atoms with Crippen LogP contribution in [0.15, 0.2) is 358 Å². The molecule has 0 unspecified atom stereocenters. The zero-order valence-corrected chi connectivity index (χ0v) is 69.9. The molecule has 8 aliphatic rings.